The largest absolute Gasteiger partial charge is 0.418 e. The van der Waals surface area contributed by atoms with E-state index in [4.69, 9.17) is 9.84 Å². The van der Waals surface area contributed by atoms with Gasteiger partial charge in [-0.1, -0.05) is 0 Å². The SMILES string of the molecule is CO.O=C(Nc1cc(N2CCCC2)nc2c(Br)cnn12)Oc1cccnc1. The minimum Gasteiger partial charge on any atom is -0.408 e. The van der Waals surface area contributed by atoms with Gasteiger partial charge < -0.3 is 14.7 Å². The Morgan fingerprint density at radius 3 is 2.78 bits per heavy atom. The Morgan fingerprint density at radius 2 is 2.07 bits per heavy atom. The molecule has 0 atom stereocenters. The van der Waals surface area contributed by atoms with Crippen LogP contribution < -0.4 is 15.0 Å². The molecule has 1 aliphatic heterocycles. The van der Waals surface area contributed by atoms with Crippen molar-refractivity contribution >= 4 is 39.3 Å². The number of rotatable bonds is 3. The molecular weight excluding hydrogens is 416 g/mol. The van der Waals surface area contributed by atoms with E-state index in [2.05, 4.69) is 41.2 Å². The lowest BCUT2D eigenvalue weighted by Crippen LogP contribution is -2.22. The molecule has 0 aromatic carbocycles. The molecule has 1 aliphatic rings. The highest BCUT2D eigenvalue weighted by molar-refractivity contribution is 9.10. The maximum absolute atomic E-state index is 12.2. The van der Waals surface area contributed by atoms with Crippen LogP contribution in [-0.4, -0.2) is 51.0 Å². The summed E-state index contributed by atoms with van der Waals surface area (Å²) in [5, 5.41) is 14.0. The molecule has 4 heterocycles. The molecule has 0 saturated carbocycles. The smallest absolute Gasteiger partial charge is 0.408 e. The Bertz CT molecular complexity index is 912. The van der Waals surface area contributed by atoms with Crippen LogP contribution in [0.25, 0.3) is 5.65 Å². The molecule has 10 heteroatoms. The van der Waals surface area contributed by atoms with Crippen LogP contribution in [0.3, 0.4) is 0 Å². The number of aliphatic hydroxyl groups excluding tert-OH is 1. The van der Waals surface area contributed by atoms with E-state index in [0.29, 0.717) is 17.2 Å². The lowest BCUT2D eigenvalue weighted by atomic mass is 10.4. The number of nitrogens with zero attached hydrogens (tertiary/aromatic N) is 5. The van der Waals surface area contributed by atoms with Crippen LogP contribution in [-0.2, 0) is 0 Å². The molecule has 0 unspecified atom stereocenters. The van der Waals surface area contributed by atoms with Crippen molar-refractivity contribution in [1.82, 2.24) is 19.6 Å². The standard InChI is InChI=1S/C16H15BrN6O2.CH4O/c17-12-10-19-23-14(21-16(24)25-11-4-3-5-18-9-11)8-13(20-15(12)23)22-6-1-2-7-22;1-2/h3-5,8-10H,1-2,6-7H2,(H,21,24);2H,1H3. The second-order valence-corrected chi connectivity index (χ2v) is 6.48. The van der Waals surface area contributed by atoms with Crippen molar-refractivity contribution in [2.75, 3.05) is 30.4 Å². The second-order valence-electron chi connectivity index (χ2n) is 5.62. The first-order chi connectivity index (χ1) is 13.2. The Morgan fingerprint density at radius 1 is 1.30 bits per heavy atom. The molecule has 1 fully saturated rings. The van der Waals surface area contributed by atoms with Gasteiger partial charge in [-0.3, -0.25) is 10.3 Å². The van der Waals surface area contributed by atoms with Gasteiger partial charge in [0.2, 0.25) is 0 Å². The first-order valence-electron chi connectivity index (χ1n) is 8.33. The van der Waals surface area contributed by atoms with Gasteiger partial charge in [0.25, 0.3) is 0 Å². The topological polar surface area (TPSA) is 105 Å². The number of pyridine rings is 1. The fourth-order valence-electron chi connectivity index (χ4n) is 2.77. The van der Waals surface area contributed by atoms with Crippen molar-refractivity contribution in [2.45, 2.75) is 12.8 Å². The molecule has 27 heavy (non-hydrogen) atoms. The summed E-state index contributed by atoms with van der Waals surface area (Å²) in [7, 11) is 1.00. The highest BCUT2D eigenvalue weighted by Gasteiger charge is 2.19. The van der Waals surface area contributed by atoms with E-state index >= 15 is 0 Å². The van der Waals surface area contributed by atoms with Crippen LogP contribution in [0.4, 0.5) is 16.4 Å². The number of carbonyl (C=O) groups is 1. The Labute approximate surface area is 164 Å². The predicted molar refractivity (Wildman–Crippen MR) is 104 cm³/mol. The maximum Gasteiger partial charge on any atom is 0.418 e. The number of anilines is 2. The van der Waals surface area contributed by atoms with Crippen molar-refractivity contribution < 1.29 is 14.6 Å². The highest BCUT2D eigenvalue weighted by Crippen LogP contribution is 2.26. The van der Waals surface area contributed by atoms with Crippen LogP contribution >= 0.6 is 15.9 Å². The predicted octanol–water partition coefficient (Wildman–Crippen LogP) is 2.71. The number of amides is 1. The van der Waals surface area contributed by atoms with Crippen molar-refractivity contribution in [3.05, 3.63) is 41.3 Å². The Hall–Kier alpha value is -2.72. The molecule has 9 nitrogen and oxygen atoms in total. The zero-order valence-corrected chi connectivity index (χ0v) is 16.3. The van der Waals surface area contributed by atoms with E-state index < -0.39 is 6.09 Å². The summed E-state index contributed by atoms with van der Waals surface area (Å²) in [6, 6.07) is 5.17. The number of aliphatic hydroxyl groups is 1. The van der Waals surface area contributed by atoms with Crippen LogP contribution in [0.2, 0.25) is 0 Å². The summed E-state index contributed by atoms with van der Waals surface area (Å²) in [6.07, 6.45) is 6.40. The summed E-state index contributed by atoms with van der Waals surface area (Å²) in [4.78, 5) is 23.0. The van der Waals surface area contributed by atoms with Gasteiger partial charge in [0.15, 0.2) is 11.4 Å². The number of nitrogens with one attached hydrogen (secondary N) is 1. The third kappa shape index (κ3) is 4.34. The number of hydrogen-bond acceptors (Lipinski definition) is 7. The molecule has 0 aliphatic carbocycles. The van der Waals surface area contributed by atoms with Crippen molar-refractivity contribution in [3.8, 4) is 5.75 Å². The molecule has 2 N–H and O–H groups in total. The molecule has 0 bridgehead atoms. The van der Waals surface area contributed by atoms with E-state index in [9.17, 15) is 4.79 Å². The minimum atomic E-state index is -0.612. The molecule has 3 aromatic heterocycles. The van der Waals surface area contributed by atoms with Gasteiger partial charge in [-0.05, 0) is 40.9 Å². The Balaban J connectivity index is 0.00000102. The van der Waals surface area contributed by atoms with Crippen molar-refractivity contribution in [3.63, 3.8) is 0 Å². The van der Waals surface area contributed by atoms with Crippen LogP contribution in [0.5, 0.6) is 5.75 Å². The van der Waals surface area contributed by atoms with Gasteiger partial charge in [-0.2, -0.15) is 9.61 Å². The summed E-state index contributed by atoms with van der Waals surface area (Å²) < 4.78 is 7.56. The number of fused-ring (bicyclic) bond motifs is 1. The van der Waals surface area contributed by atoms with Gasteiger partial charge in [0.05, 0.1) is 16.9 Å². The number of hydrogen-bond donors (Lipinski definition) is 2. The molecule has 1 saturated heterocycles. The third-order valence-corrected chi connectivity index (χ3v) is 4.48. The fourth-order valence-corrected chi connectivity index (χ4v) is 3.11. The zero-order valence-electron chi connectivity index (χ0n) is 14.7. The highest BCUT2D eigenvalue weighted by atomic mass is 79.9. The summed E-state index contributed by atoms with van der Waals surface area (Å²) in [5.74, 6) is 1.67. The molecule has 4 rings (SSSR count). The average Bonchev–Trinajstić information content (AvgIpc) is 3.35. The van der Waals surface area contributed by atoms with Crippen LogP contribution in [0.15, 0.2) is 41.3 Å². The third-order valence-electron chi connectivity index (χ3n) is 3.92. The quantitative estimate of drug-likeness (QED) is 0.652. The van der Waals surface area contributed by atoms with Crippen LogP contribution in [0.1, 0.15) is 12.8 Å². The van der Waals surface area contributed by atoms with Crippen LogP contribution in [0, 0.1) is 0 Å². The van der Waals surface area contributed by atoms with E-state index in [1.807, 2.05) is 6.07 Å². The number of aromatic nitrogens is 4. The summed E-state index contributed by atoms with van der Waals surface area (Å²) in [5.41, 5.74) is 0.640. The van der Waals surface area contributed by atoms with Gasteiger partial charge in [0.1, 0.15) is 11.6 Å². The lowest BCUT2D eigenvalue weighted by Gasteiger charge is -2.18. The first-order valence-corrected chi connectivity index (χ1v) is 9.13. The van der Waals surface area contributed by atoms with E-state index in [1.54, 1.807) is 29.0 Å². The number of carbonyl (C=O) groups excluding carboxylic acids is 1. The second kappa shape index (κ2) is 8.78. The van der Waals surface area contributed by atoms with E-state index in [1.165, 1.54) is 6.20 Å². The number of halogens is 1. The molecule has 0 spiro atoms. The summed E-state index contributed by atoms with van der Waals surface area (Å²) in [6.45, 7) is 1.91. The van der Waals surface area contributed by atoms with Gasteiger partial charge in [-0.25, -0.2) is 9.78 Å². The zero-order chi connectivity index (χ0) is 19.2. The molecule has 3 aromatic rings. The van der Waals surface area contributed by atoms with Gasteiger partial charge in [0, 0.05) is 32.5 Å². The molecule has 0 radical (unpaired) electrons. The molecular formula is C17H19BrN6O3. The van der Waals surface area contributed by atoms with Crippen molar-refractivity contribution in [2.24, 2.45) is 0 Å². The molecule has 1 amide bonds. The fraction of sp³-hybridized carbons (Fsp3) is 0.294. The number of ether oxygens (including phenoxy) is 1. The van der Waals surface area contributed by atoms with Gasteiger partial charge in [-0.15, -0.1) is 0 Å². The van der Waals surface area contributed by atoms with Crippen molar-refractivity contribution in [1.29, 1.82) is 0 Å². The monoisotopic (exact) mass is 434 g/mol. The van der Waals surface area contributed by atoms with Gasteiger partial charge >= 0.3 is 6.09 Å². The van der Waals surface area contributed by atoms with E-state index in [0.717, 1.165) is 43.3 Å². The first kappa shape index (κ1) is 19.1. The molecule has 142 valence electrons. The summed E-state index contributed by atoms with van der Waals surface area (Å²) >= 11 is 3.45. The normalized spacial score (nSPS) is 13.2. The average molecular weight is 435 g/mol. The minimum absolute atomic E-state index is 0.367. The Kier molecular flexibility index (Phi) is 6.20. The van der Waals surface area contributed by atoms with E-state index in [-0.39, 0.29) is 0 Å². The lowest BCUT2D eigenvalue weighted by molar-refractivity contribution is 0.215. The maximum atomic E-state index is 12.2.